The summed E-state index contributed by atoms with van der Waals surface area (Å²) >= 11 is 0. The average Bonchev–Trinajstić information content (AvgIpc) is 3.17. The van der Waals surface area contributed by atoms with Gasteiger partial charge in [-0.2, -0.15) is 10.1 Å². The van der Waals surface area contributed by atoms with Crippen LogP contribution in [0.3, 0.4) is 0 Å². The quantitative estimate of drug-likeness (QED) is 0.797. The Morgan fingerprint density at radius 1 is 1.35 bits per heavy atom. The zero-order chi connectivity index (χ0) is 16.4. The third-order valence-corrected chi connectivity index (χ3v) is 3.30. The monoisotopic (exact) mass is 315 g/mol. The Labute approximate surface area is 131 Å². The fourth-order valence-corrected chi connectivity index (χ4v) is 2.13. The van der Waals surface area contributed by atoms with Gasteiger partial charge in [0.1, 0.15) is 5.82 Å². The minimum atomic E-state index is -0.405. The molecule has 0 radical (unpaired) electrons. The number of hydrogen-bond donors (Lipinski definition) is 1. The molecule has 0 aliphatic rings. The van der Waals surface area contributed by atoms with Crippen LogP contribution in [-0.4, -0.2) is 25.8 Å². The fourth-order valence-electron chi connectivity index (χ4n) is 2.13. The molecule has 7 nitrogen and oxygen atoms in total. The van der Waals surface area contributed by atoms with Crippen molar-refractivity contribution in [2.45, 2.75) is 19.9 Å². The molecule has 1 unspecified atom stereocenters. The van der Waals surface area contributed by atoms with Crippen molar-refractivity contribution in [1.29, 1.82) is 0 Å². The summed E-state index contributed by atoms with van der Waals surface area (Å²) in [7, 11) is 0. The first-order valence-electron chi connectivity index (χ1n) is 6.94. The molecule has 1 amide bonds. The molecule has 118 valence electrons. The van der Waals surface area contributed by atoms with Crippen molar-refractivity contribution in [2.75, 3.05) is 0 Å². The van der Waals surface area contributed by atoms with Gasteiger partial charge in [-0.25, -0.2) is 9.07 Å². The van der Waals surface area contributed by atoms with Crippen molar-refractivity contribution in [1.82, 2.24) is 25.2 Å². The molecular formula is C15H14FN5O2. The number of rotatable bonds is 4. The molecule has 1 aromatic carbocycles. The summed E-state index contributed by atoms with van der Waals surface area (Å²) in [6.45, 7) is 3.56. The predicted molar refractivity (Wildman–Crippen MR) is 78.4 cm³/mol. The molecule has 0 saturated heterocycles. The van der Waals surface area contributed by atoms with Crippen LogP contribution < -0.4 is 5.32 Å². The van der Waals surface area contributed by atoms with E-state index < -0.39 is 6.04 Å². The highest BCUT2D eigenvalue weighted by atomic mass is 19.1. The lowest BCUT2D eigenvalue weighted by Crippen LogP contribution is -2.27. The minimum absolute atomic E-state index is 0.252. The second-order valence-corrected chi connectivity index (χ2v) is 5.04. The molecule has 3 aromatic rings. The number of carbonyl (C=O) groups excluding carboxylic acids is 1. The molecule has 0 spiro atoms. The Kier molecular flexibility index (Phi) is 3.88. The maximum Gasteiger partial charge on any atom is 0.272 e. The van der Waals surface area contributed by atoms with E-state index in [1.165, 1.54) is 18.5 Å². The number of nitrogens with one attached hydrogen (secondary N) is 1. The molecule has 0 aliphatic carbocycles. The summed E-state index contributed by atoms with van der Waals surface area (Å²) in [5.41, 5.74) is 1.69. The van der Waals surface area contributed by atoms with Crippen LogP contribution in [0.1, 0.15) is 35.0 Å². The van der Waals surface area contributed by atoms with Gasteiger partial charge in [0.05, 0.1) is 11.7 Å². The first-order valence-corrected chi connectivity index (χ1v) is 6.94. The smallest absolute Gasteiger partial charge is 0.272 e. The van der Waals surface area contributed by atoms with E-state index >= 15 is 0 Å². The van der Waals surface area contributed by atoms with Crippen LogP contribution in [0.5, 0.6) is 0 Å². The van der Waals surface area contributed by atoms with E-state index in [-0.39, 0.29) is 17.4 Å². The first-order chi connectivity index (χ1) is 11.0. The van der Waals surface area contributed by atoms with E-state index in [2.05, 4.69) is 25.1 Å². The lowest BCUT2D eigenvalue weighted by Gasteiger charge is -2.08. The Hall–Kier alpha value is -3.03. The molecule has 2 aromatic heterocycles. The van der Waals surface area contributed by atoms with Gasteiger partial charge < -0.3 is 9.84 Å². The Morgan fingerprint density at radius 3 is 2.74 bits per heavy atom. The third kappa shape index (κ3) is 3.10. The largest absolute Gasteiger partial charge is 0.343 e. The summed E-state index contributed by atoms with van der Waals surface area (Å²) in [6, 6.07) is 7.13. The molecule has 2 heterocycles. The van der Waals surface area contributed by atoms with Crippen LogP contribution >= 0.6 is 0 Å². The van der Waals surface area contributed by atoms with E-state index in [9.17, 15) is 9.18 Å². The molecule has 0 saturated carbocycles. The number of amides is 1. The molecule has 0 aliphatic heterocycles. The fraction of sp³-hybridized carbons (Fsp3) is 0.200. The van der Waals surface area contributed by atoms with Crippen LogP contribution in [0.2, 0.25) is 0 Å². The van der Waals surface area contributed by atoms with Gasteiger partial charge in [-0.3, -0.25) is 4.79 Å². The average molecular weight is 315 g/mol. The van der Waals surface area contributed by atoms with E-state index in [1.807, 2.05) is 6.92 Å². The number of nitrogens with zero attached hydrogens (tertiary/aromatic N) is 4. The van der Waals surface area contributed by atoms with Gasteiger partial charge in [0.15, 0.2) is 11.5 Å². The van der Waals surface area contributed by atoms with Gasteiger partial charge in [-0.05, 0) is 44.2 Å². The second kappa shape index (κ2) is 5.99. The highest BCUT2D eigenvalue weighted by molar-refractivity contribution is 5.92. The van der Waals surface area contributed by atoms with Crippen LogP contribution in [0.15, 0.2) is 41.2 Å². The van der Waals surface area contributed by atoms with Gasteiger partial charge >= 0.3 is 0 Å². The van der Waals surface area contributed by atoms with Crippen molar-refractivity contribution in [3.05, 3.63) is 59.8 Å². The van der Waals surface area contributed by atoms with Crippen molar-refractivity contribution in [3.8, 4) is 5.69 Å². The van der Waals surface area contributed by atoms with Gasteiger partial charge in [-0.1, -0.05) is 5.16 Å². The van der Waals surface area contributed by atoms with Crippen molar-refractivity contribution < 1.29 is 13.7 Å². The summed E-state index contributed by atoms with van der Waals surface area (Å²) in [5.74, 6) is -0.301. The normalized spacial score (nSPS) is 12.1. The van der Waals surface area contributed by atoms with Gasteiger partial charge in [0.25, 0.3) is 5.91 Å². The van der Waals surface area contributed by atoms with Crippen LogP contribution in [0, 0.1) is 12.7 Å². The van der Waals surface area contributed by atoms with Crippen molar-refractivity contribution >= 4 is 5.91 Å². The predicted octanol–water partition coefficient (Wildman–Crippen LogP) is 2.19. The molecule has 3 rings (SSSR count). The molecule has 8 heteroatoms. The highest BCUT2D eigenvalue weighted by Gasteiger charge is 2.18. The first kappa shape index (κ1) is 14.9. The summed E-state index contributed by atoms with van der Waals surface area (Å²) < 4.78 is 19.2. The summed E-state index contributed by atoms with van der Waals surface area (Å²) in [6.07, 6.45) is 1.20. The zero-order valence-electron chi connectivity index (χ0n) is 12.5. The summed E-state index contributed by atoms with van der Waals surface area (Å²) in [4.78, 5) is 16.2. The molecule has 0 fully saturated rings. The number of aryl methyl sites for hydroxylation is 1. The van der Waals surface area contributed by atoms with Crippen molar-refractivity contribution in [3.63, 3.8) is 0 Å². The Bertz CT molecular complexity index is 811. The number of aromatic nitrogens is 4. The molecular weight excluding hydrogens is 301 g/mol. The Balaban J connectivity index is 1.80. The highest BCUT2D eigenvalue weighted by Crippen LogP contribution is 2.14. The maximum absolute atomic E-state index is 13.0. The van der Waals surface area contributed by atoms with Crippen LogP contribution in [-0.2, 0) is 0 Å². The van der Waals surface area contributed by atoms with Gasteiger partial charge in [-0.15, -0.1) is 0 Å². The maximum atomic E-state index is 13.0. The van der Waals surface area contributed by atoms with Crippen LogP contribution in [0.25, 0.3) is 5.69 Å². The lowest BCUT2D eigenvalue weighted by atomic mass is 10.3. The Morgan fingerprint density at radius 2 is 2.09 bits per heavy atom. The molecule has 23 heavy (non-hydrogen) atoms. The number of halogens is 1. The minimum Gasteiger partial charge on any atom is -0.343 e. The molecule has 0 bridgehead atoms. The van der Waals surface area contributed by atoms with Crippen LogP contribution in [0.4, 0.5) is 4.39 Å². The summed E-state index contributed by atoms with van der Waals surface area (Å²) in [5, 5.41) is 10.7. The topological polar surface area (TPSA) is 85.8 Å². The van der Waals surface area contributed by atoms with E-state index in [1.54, 1.807) is 29.8 Å². The van der Waals surface area contributed by atoms with E-state index in [4.69, 9.17) is 0 Å². The van der Waals surface area contributed by atoms with E-state index in [0.717, 1.165) is 5.69 Å². The second-order valence-electron chi connectivity index (χ2n) is 5.04. The molecule has 1 atom stereocenters. The zero-order valence-corrected chi connectivity index (χ0v) is 12.5. The SMILES string of the molecule is Cc1cc(C(=O)NC(C)c2ncon2)nn1-c1ccc(F)cc1. The molecule has 1 N–H and O–H groups in total. The third-order valence-electron chi connectivity index (χ3n) is 3.30. The van der Waals surface area contributed by atoms with E-state index in [0.29, 0.717) is 11.5 Å². The lowest BCUT2D eigenvalue weighted by molar-refractivity contribution is 0.0932. The van der Waals surface area contributed by atoms with Gasteiger partial charge in [0.2, 0.25) is 6.39 Å². The standard InChI is InChI=1S/C15H14FN5O2/c1-9-7-13(15(22)18-10(2)14-17-8-23-20-14)19-21(9)12-5-3-11(16)4-6-12/h3-8,10H,1-2H3,(H,18,22). The number of carbonyl (C=O) groups is 1. The van der Waals surface area contributed by atoms with Gasteiger partial charge in [0, 0.05) is 5.69 Å². The number of hydrogen-bond acceptors (Lipinski definition) is 5. The van der Waals surface area contributed by atoms with Crippen molar-refractivity contribution in [2.24, 2.45) is 0 Å². The number of benzene rings is 1.